The summed E-state index contributed by atoms with van der Waals surface area (Å²) < 4.78 is 70.9. The van der Waals surface area contributed by atoms with Crippen LogP contribution in [0.2, 0.25) is 0 Å². The van der Waals surface area contributed by atoms with Crippen LogP contribution in [0.1, 0.15) is 4.88 Å². The molecule has 0 saturated carbocycles. The first kappa shape index (κ1) is 17.9. The molecule has 3 rings (SSSR count). The van der Waals surface area contributed by atoms with Crippen LogP contribution in [0, 0.1) is 0 Å². The fourth-order valence-electron chi connectivity index (χ4n) is 2.59. The van der Waals surface area contributed by atoms with Gasteiger partial charge in [0, 0.05) is 39.3 Å². The molecule has 0 radical (unpaired) electrons. The molecule has 0 spiro atoms. The van der Waals surface area contributed by atoms with E-state index in [0.29, 0.717) is 50.7 Å². The third-order valence-corrected chi connectivity index (χ3v) is 7.04. The fraction of sp³-hybridized carbons (Fsp3) is 0.750. The van der Waals surface area contributed by atoms with E-state index in [9.17, 15) is 21.6 Å². The van der Waals surface area contributed by atoms with Crippen molar-refractivity contribution < 1.29 is 26.3 Å². The number of morpholine rings is 1. The second-order valence-corrected chi connectivity index (χ2v) is 8.35. The molecule has 3 heterocycles. The highest BCUT2D eigenvalue weighted by Gasteiger charge is 2.36. The number of aromatic nitrogens is 1. The maximum absolute atomic E-state index is 12.6. The average Bonchev–Trinajstić information content (AvgIpc) is 3.06. The van der Waals surface area contributed by atoms with Crippen molar-refractivity contribution in [2.45, 2.75) is 6.18 Å². The molecule has 0 aliphatic carbocycles. The number of hydrogen-bond donors (Lipinski definition) is 0. The van der Waals surface area contributed by atoms with E-state index in [2.05, 4.69) is 4.98 Å². The van der Waals surface area contributed by atoms with Crippen LogP contribution < -0.4 is 4.90 Å². The lowest BCUT2D eigenvalue weighted by Gasteiger charge is -2.37. The lowest BCUT2D eigenvalue weighted by atomic mass is 10.4. The topological polar surface area (TPSA) is 66.0 Å². The number of ether oxygens (including phenoxy) is 1. The van der Waals surface area contributed by atoms with E-state index in [1.54, 1.807) is 4.90 Å². The third kappa shape index (κ3) is 3.67. The van der Waals surface area contributed by atoms with E-state index in [4.69, 9.17) is 4.74 Å². The highest BCUT2D eigenvalue weighted by molar-refractivity contribution is 7.86. The van der Waals surface area contributed by atoms with Crippen molar-refractivity contribution >= 4 is 26.7 Å². The first-order valence-corrected chi connectivity index (χ1v) is 9.61. The fourth-order valence-corrected chi connectivity index (χ4v) is 4.99. The number of alkyl halides is 3. The summed E-state index contributed by atoms with van der Waals surface area (Å²) in [6.07, 6.45) is -3.59. The monoisotopic (exact) mass is 386 g/mol. The Hall–Kier alpha value is -0.950. The van der Waals surface area contributed by atoms with Gasteiger partial charge in [0.05, 0.1) is 19.4 Å². The van der Waals surface area contributed by atoms with Crippen LogP contribution in [0.3, 0.4) is 0 Å². The number of nitrogens with zero attached hydrogens (tertiary/aromatic N) is 4. The van der Waals surface area contributed by atoms with Crippen LogP contribution >= 0.6 is 11.3 Å². The molecule has 0 unspecified atom stereocenters. The molecule has 1 aromatic rings. The maximum Gasteiger partial charge on any atom is 0.427 e. The molecule has 2 aliphatic rings. The molecule has 0 atom stereocenters. The number of hydrogen-bond acceptors (Lipinski definition) is 6. The molecule has 0 N–H and O–H groups in total. The quantitative estimate of drug-likeness (QED) is 0.771. The van der Waals surface area contributed by atoms with Crippen molar-refractivity contribution in [1.29, 1.82) is 0 Å². The van der Waals surface area contributed by atoms with E-state index in [1.165, 1.54) is 8.61 Å². The first-order valence-electron chi connectivity index (χ1n) is 7.39. The van der Waals surface area contributed by atoms with E-state index in [-0.39, 0.29) is 18.2 Å². The molecule has 24 heavy (non-hydrogen) atoms. The van der Waals surface area contributed by atoms with E-state index in [1.807, 2.05) is 0 Å². The van der Waals surface area contributed by atoms with Gasteiger partial charge in [-0.3, -0.25) is 0 Å². The van der Waals surface area contributed by atoms with E-state index in [0.717, 1.165) is 6.20 Å². The average molecular weight is 386 g/mol. The zero-order chi connectivity index (χ0) is 17.4. The van der Waals surface area contributed by atoms with Gasteiger partial charge in [0.15, 0.2) is 5.13 Å². The lowest BCUT2D eigenvalue weighted by Crippen LogP contribution is -2.55. The number of rotatable bonds is 3. The molecular formula is C12H17F3N4O3S2. The summed E-state index contributed by atoms with van der Waals surface area (Å²) in [5.74, 6) is 0. The maximum atomic E-state index is 12.6. The Labute approximate surface area is 141 Å². The summed E-state index contributed by atoms with van der Waals surface area (Å²) in [5.41, 5.74) is 0. The minimum absolute atomic E-state index is 0.223. The molecule has 1 aromatic heterocycles. The number of piperazine rings is 1. The Morgan fingerprint density at radius 3 is 2.17 bits per heavy atom. The summed E-state index contributed by atoms with van der Waals surface area (Å²) in [4.78, 5) is 4.75. The predicted octanol–water partition coefficient (Wildman–Crippen LogP) is 0.861. The second kappa shape index (κ2) is 6.75. The standard InChI is InChI=1S/C12H17F3N4O3S2/c13-12(14,15)10-9-16-11(23-10)17-1-3-18(4-2-17)24(20,21)19-5-7-22-8-6-19/h9H,1-8H2. The number of thiazole rings is 1. The van der Waals surface area contributed by atoms with Crippen LogP contribution in [0.25, 0.3) is 0 Å². The van der Waals surface area contributed by atoms with Gasteiger partial charge in [-0.15, -0.1) is 0 Å². The van der Waals surface area contributed by atoms with Crippen LogP contribution in [-0.4, -0.2) is 74.5 Å². The van der Waals surface area contributed by atoms with Gasteiger partial charge in [0.2, 0.25) is 0 Å². The summed E-state index contributed by atoms with van der Waals surface area (Å²) in [5, 5.41) is 0.269. The lowest BCUT2D eigenvalue weighted by molar-refractivity contribution is -0.134. The molecule has 2 aliphatic heterocycles. The Kier molecular flexibility index (Phi) is 5.02. The van der Waals surface area contributed by atoms with Crippen LogP contribution in [0.5, 0.6) is 0 Å². The Bertz CT molecular complexity index is 665. The predicted molar refractivity (Wildman–Crippen MR) is 82.2 cm³/mol. The van der Waals surface area contributed by atoms with Crippen molar-refractivity contribution in [2.75, 3.05) is 57.4 Å². The normalized spacial score (nSPS) is 22.0. The second-order valence-electron chi connectivity index (χ2n) is 5.41. The Morgan fingerprint density at radius 2 is 1.62 bits per heavy atom. The number of anilines is 1. The van der Waals surface area contributed by atoms with Crippen molar-refractivity contribution in [3.63, 3.8) is 0 Å². The van der Waals surface area contributed by atoms with Gasteiger partial charge in [-0.1, -0.05) is 11.3 Å². The van der Waals surface area contributed by atoms with Crippen molar-refractivity contribution in [3.8, 4) is 0 Å². The van der Waals surface area contributed by atoms with Crippen molar-refractivity contribution in [1.82, 2.24) is 13.6 Å². The molecule has 0 bridgehead atoms. The van der Waals surface area contributed by atoms with Gasteiger partial charge in [-0.05, 0) is 0 Å². The number of halogens is 3. The van der Waals surface area contributed by atoms with Gasteiger partial charge in [-0.2, -0.15) is 30.2 Å². The van der Waals surface area contributed by atoms with Crippen molar-refractivity contribution in [3.05, 3.63) is 11.1 Å². The summed E-state index contributed by atoms with van der Waals surface area (Å²) in [6, 6.07) is 0. The highest BCUT2D eigenvalue weighted by atomic mass is 32.2. The molecule has 0 aromatic carbocycles. The Balaban J connectivity index is 1.62. The van der Waals surface area contributed by atoms with Crippen LogP contribution in [0.15, 0.2) is 6.20 Å². The molecule has 2 fully saturated rings. The summed E-state index contributed by atoms with van der Waals surface area (Å²) in [6.45, 7) is 2.47. The molecule has 2 saturated heterocycles. The Morgan fingerprint density at radius 1 is 1.04 bits per heavy atom. The highest BCUT2D eigenvalue weighted by Crippen LogP contribution is 2.36. The smallest absolute Gasteiger partial charge is 0.379 e. The zero-order valence-electron chi connectivity index (χ0n) is 12.7. The van der Waals surface area contributed by atoms with Gasteiger partial charge in [0.1, 0.15) is 4.88 Å². The van der Waals surface area contributed by atoms with Gasteiger partial charge in [0.25, 0.3) is 10.2 Å². The molecule has 136 valence electrons. The summed E-state index contributed by atoms with van der Waals surface area (Å²) >= 11 is 0.578. The van der Waals surface area contributed by atoms with Gasteiger partial charge >= 0.3 is 6.18 Å². The molecule has 7 nitrogen and oxygen atoms in total. The van der Waals surface area contributed by atoms with Crippen molar-refractivity contribution in [2.24, 2.45) is 0 Å². The molecular weight excluding hydrogens is 369 g/mol. The molecule has 12 heteroatoms. The van der Waals surface area contributed by atoms with E-state index < -0.39 is 21.3 Å². The first-order chi connectivity index (χ1) is 11.3. The zero-order valence-corrected chi connectivity index (χ0v) is 14.3. The van der Waals surface area contributed by atoms with Gasteiger partial charge < -0.3 is 9.64 Å². The largest absolute Gasteiger partial charge is 0.427 e. The van der Waals surface area contributed by atoms with Crippen LogP contribution in [0.4, 0.5) is 18.3 Å². The summed E-state index contributed by atoms with van der Waals surface area (Å²) in [7, 11) is -3.55. The minimum atomic E-state index is -4.41. The van der Waals surface area contributed by atoms with Crippen LogP contribution in [-0.2, 0) is 21.1 Å². The third-order valence-electron chi connectivity index (χ3n) is 3.90. The molecule has 0 amide bonds. The minimum Gasteiger partial charge on any atom is -0.379 e. The SMILES string of the molecule is O=S(=O)(N1CCOCC1)N1CCN(c2ncc(C(F)(F)F)s2)CC1. The van der Waals surface area contributed by atoms with E-state index >= 15 is 0 Å². The van der Waals surface area contributed by atoms with Gasteiger partial charge in [-0.25, -0.2) is 4.98 Å².